The van der Waals surface area contributed by atoms with Crippen LogP contribution in [-0.4, -0.2) is 16.5 Å². The van der Waals surface area contributed by atoms with Crippen molar-refractivity contribution in [2.24, 2.45) is 0 Å². The zero-order valence-corrected chi connectivity index (χ0v) is 8.73. The molecule has 0 radical (unpaired) electrons. The van der Waals surface area contributed by atoms with Crippen LogP contribution in [0.25, 0.3) is 0 Å². The highest BCUT2D eigenvalue weighted by molar-refractivity contribution is 8.01. The highest BCUT2D eigenvalue weighted by Crippen LogP contribution is 2.34. The van der Waals surface area contributed by atoms with Gasteiger partial charge in [0.05, 0.1) is 5.25 Å². The molecule has 0 N–H and O–H groups in total. The van der Waals surface area contributed by atoms with Gasteiger partial charge in [0.25, 0.3) is 0 Å². The molecule has 1 atom stereocenters. The van der Waals surface area contributed by atoms with Crippen LogP contribution in [0.4, 0.5) is 13.2 Å². The third-order valence-corrected chi connectivity index (χ3v) is 2.57. The summed E-state index contributed by atoms with van der Waals surface area (Å²) in [5, 5.41) is -1.10. The Bertz CT molecular complexity index is 334. The summed E-state index contributed by atoms with van der Waals surface area (Å²) in [5.74, 6) is -0.502. The molecule has 0 amide bonds. The number of rotatable bonds is 3. The molecule has 0 saturated carbocycles. The van der Waals surface area contributed by atoms with Crippen LogP contribution < -0.4 is 0 Å². The molecule has 0 aliphatic heterocycles. The van der Waals surface area contributed by atoms with E-state index in [4.69, 9.17) is 0 Å². The minimum atomic E-state index is -4.37. The molecule has 1 nitrogen and oxygen atoms in total. The number of thioether (sulfide) groups is 1. The Hall–Kier alpha value is -0.970. The number of benzene rings is 1. The van der Waals surface area contributed by atoms with Crippen molar-refractivity contribution < 1.29 is 18.0 Å². The average molecular weight is 234 g/mol. The summed E-state index contributed by atoms with van der Waals surface area (Å²) in [6, 6.07) is 7.97. The van der Waals surface area contributed by atoms with Crippen LogP contribution in [0.2, 0.25) is 0 Å². The van der Waals surface area contributed by atoms with Gasteiger partial charge in [-0.1, -0.05) is 30.3 Å². The lowest BCUT2D eigenvalue weighted by atomic mass is 10.1. The molecular formula is C10H9F3OS. The topological polar surface area (TPSA) is 17.1 Å². The van der Waals surface area contributed by atoms with E-state index >= 15 is 0 Å². The predicted octanol–water partition coefficient (Wildman–Crippen LogP) is 3.51. The fourth-order valence-corrected chi connectivity index (χ4v) is 1.74. The second-order valence-corrected chi connectivity index (χ2v) is 4.34. The van der Waals surface area contributed by atoms with Gasteiger partial charge >= 0.3 is 5.51 Å². The molecule has 0 heterocycles. The maximum absolute atomic E-state index is 12.0. The van der Waals surface area contributed by atoms with Crippen molar-refractivity contribution in [1.82, 2.24) is 0 Å². The molecular weight excluding hydrogens is 225 g/mol. The molecule has 0 saturated heterocycles. The van der Waals surface area contributed by atoms with Crippen molar-refractivity contribution in [3.05, 3.63) is 35.9 Å². The van der Waals surface area contributed by atoms with Gasteiger partial charge in [0, 0.05) is 5.56 Å². The second kappa shape index (κ2) is 4.70. The number of carbonyl (C=O) groups excluding carboxylic acids is 1. The predicted molar refractivity (Wildman–Crippen MR) is 53.9 cm³/mol. The normalized spacial score (nSPS) is 13.6. The number of hydrogen-bond donors (Lipinski definition) is 0. The van der Waals surface area contributed by atoms with Crippen molar-refractivity contribution in [3.8, 4) is 0 Å². The third kappa shape index (κ3) is 3.95. The van der Waals surface area contributed by atoms with Gasteiger partial charge in [-0.25, -0.2) is 0 Å². The first kappa shape index (κ1) is 12.1. The minimum Gasteiger partial charge on any atom is -0.293 e. The van der Waals surface area contributed by atoms with Crippen LogP contribution in [0, 0.1) is 0 Å². The van der Waals surface area contributed by atoms with Crippen LogP contribution in [0.15, 0.2) is 30.3 Å². The summed E-state index contributed by atoms with van der Waals surface area (Å²) >= 11 is -0.290. The van der Waals surface area contributed by atoms with E-state index in [2.05, 4.69) is 0 Å². The van der Waals surface area contributed by atoms with E-state index in [9.17, 15) is 18.0 Å². The number of carbonyl (C=O) groups is 1. The van der Waals surface area contributed by atoms with E-state index in [0.29, 0.717) is 5.56 Å². The second-order valence-electron chi connectivity index (χ2n) is 2.94. The number of hydrogen-bond acceptors (Lipinski definition) is 2. The summed E-state index contributed by atoms with van der Waals surface area (Å²) < 4.78 is 36.0. The number of Topliss-reactive ketones (excluding diaryl/α,β-unsaturated/α-hetero) is 1. The molecule has 0 bridgehead atoms. The largest absolute Gasteiger partial charge is 0.442 e. The van der Waals surface area contributed by atoms with Crippen molar-refractivity contribution in [1.29, 1.82) is 0 Å². The Balaban J connectivity index is 2.70. The van der Waals surface area contributed by atoms with E-state index in [1.807, 2.05) is 0 Å². The van der Waals surface area contributed by atoms with Crippen molar-refractivity contribution in [2.45, 2.75) is 17.7 Å². The van der Waals surface area contributed by atoms with Gasteiger partial charge in [0.2, 0.25) is 0 Å². The van der Waals surface area contributed by atoms with Gasteiger partial charge in [-0.05, 0) is 18.7 Å². The molecule has 5 heteroatoms. The lowest BCUT2D eigenvalue weighted by Gasteiger charge is -2.12. The Morgan fingerprint density at radius 2 is 1.80 bits per heavy atom. The maximum atomic E-state index is 12.0. The van der Waals surface area contributed by atoms with E-state index in [0.717, 1.165) is 0 Å². The first-order valence-corrected chi connectivity index (χ1v) is 5.12. The molecule has 1 unspecified atom stereocenters. The summed E-state index contributed by atoms with van der Waals surface area (Å²) in [6.45, 7) is 1.26. The molecule has 0 aliphatic rings. The first-order chi connectivity index (χ1) is 6.90. The third-order valence-electron chi connectivity index (χ3n) is 1.74. The highest BCUT2D eigenvalue weighted by atomic mass is 32.2. The zero-order valence-electron chi connectivity index (χ0n) is 7.91. The molecule has 0 fully saturated rings. The molecule has 1 aromatic rings. The van der Waals surface area contributed by atoms with Crippen molar-refractivity contribution >= 4 is 17.5 Å². The Morgan fingerprint density at radius 1 is 1.27 bits per heavy atom. The van der Waals surface area contributed by atoms with E-state index in [1.165, 1.54) is 19.1 Å². The monoisotopic (exact) mass is 234 g/mol. The fourth-order valence-electron chi connectivity index (χ4n) is 1.09. The Morgan fingerprint density at radius 3 is 2.27 bits per heavy atom. The number of halogens is 3. The summed E-state index contributed by atoms with van der Waals surface area (Å²) in [7, 11) is 0. The molecule has 0 spiro atoms. The van der Waals surface area contributed by atoms with E-state index < -0.39 is 16.5 Å². The molecule has 0 aliphatic carbocycles. The molecule has 1 rings (SSSR count). The van der Waals surface area contributed by atoms with Gasteiger partial charge in [0.15, 0.2) is 5.78 Å². The lowest BCUT2D eigenvalue weighted by Crippen LogP contribution is -2.18. The quantitative estimate of drug-likeness (QED) is 0.744. The SMILES string of the molecule is CC(SC(F)(F)F)C(=O)c1ccccc1. The maximum Gasteiger partial charge on any atom is 0.442 e. The molecule has 15 heavy (non-hydrogen) atoms. The van der Waals surface area contributed by atoms with E-state index in [1.54, 1.807) is 18.2 Å². The van der Waals surface area contributed by atoms with Crippen LogP contribution in [0.5, 0.6) is 0 Å². The van der Waals surface area contributed by atoms with Crippen molar-refractivity contribution in [3.63, 3.8) is 0 Å². The average Bonchev–Trinajstić information content (AvgIpc) is 2.15. The fraction of sp³-hybridized carbons (Fsp3) is 0.300. The highest BCUT2D eigenvalue weighted by Gasteiger charge is 2.34. The van der Waals surface area contributed by atoms with E-state index in [-0.39, 0.29) is 11.8 Å². The summed E-state index contributed by atoms with van der Waals surface area (Å²) in [4.78, 5) is 11.5. The zero-order chi connectivity index (χ0) is 11.5. The molecule has 82 valence electrons. The van der Waals surface area contributed by atoms with Crippen LogP contribution in [0.1, 0.15) is 17.3 Å². The van der Waals surface area contributed by atoms with Crippen LogP contribution in [0.3, 0.4) is 0 Å². The van der Waals surface area contributed by atoms with Gasteiger partial charge in [0.1, 0.15) is 0 Å². The Kier molecular flexibility index (Phi) is 3.79. The summed E-state index contributed by atoms with van der Waals surface area (Å²) in [6.07, 6.45) is 0. The van der Waals surface area contributed by atoms with Gasteiger partial charge < -0.3 is 0 Å². The van der Waals surface area contributed by atoms with Crippen LogP contribution >= 0.6 is 11.8 Å². The molecule has 1 aromatic carbocycles. The minimum absolute atomic E-state index is 0.290. The summed E-state index contributed by atoms with van der Waals surface area (Å²) in [5.41, 5.74) is -4.06. The van der Waals surface area contributed by atoms with Crippen LogP contribution in [-0.2, 0) is 0 Å². The standard InChI is InChI=1S/C10H9F3OS/c1-7(15-10(11,12)13)9(14)8-5-3-2-4-6-8/h2-7H,1H3. The number of alkyl halides is 3. The van der Waals surface area contributed by atoms with Gasteiger partial charge in [-0.2, -0.15) is 13.2 Å². The smallest absolute Gasteiger partial charge is 0.293 e. The van der Waals surface area contributed by atoms with Gasteiger partial charge in [-0.3, -0.25) is 4.79 Å². The Labute approximate surface area is 89.7 Å². The molecule has 0 aromatic heterocycles. The first-order valence-electron chi connectivity index (χ1n) is 4.24. The van der Waals surface area contributed by atoms with Crippen molar-refractivity contribution in [2.75, 3.05) is 0 Å². The van der Waals surface area contributed by atoms with Gasteiger partial charge in [-0.15, -0.1) is 0 Å². The number of ketones is 1. The lowest BCUT2D eigenvalue weighted by molar-refractivity contribution is -0.0332.